The van der Waals surface area contributed by atoms with Gasteiger partial charge in [0.2, 0.25) is 0 Å². The van der Waals surface area contributed by atoms with Gasteiger partial charge >= 0.3 is 0 Å². The van der Waals surface area contributed by atoms with Crippen LogP contribution >= 0.6 is 15.9 Å². The number of para-hydroxylation sites is 2. The maximum absolute atomic E-state index is 11.9. The number of amides is 1. The summed E-state index contributed by atoms with van der Waals surface area (Å²) in [7, 11) is 0. The van der Waals surface area contributed by atoms with Gasteiger partial charge in [-0.2, -0.15) is 0 Å². The van der Waals surface area contributed by atoms with Gasteiger partial charge in [0.15, 0.2) is 0 Å². The highest BCUT2D eigenvalue weighted by molar-refractivity contribution is 9.12. The van der Waals surface area contributed by atoms with Crippen LogP contribution < -0.4 is 0 Å². The maximum Gasteiger partial charge on any atom is 0.260 e. The van der Waals surface area contributed by atoms with Gasteiger partial charge in [0, 0.05) is 13.1 Å². The van der Waals surface area contributed by atoms with Crippen LogP contribution in [0.15, 0.2) is 47.1 Å². The van der Waals surface area contributed by atoms with E-state index in [1.165, 1.54) is 0 Å². The molecule has 1 aliphatic heterocycles. The molecular weight excluding hydrogens is 330 g/mol. The Morgan fingerprint density at radius 2 is 2.10 bits per heavy atom. The van der Waals surface area contributed by atoms with Crippen molar-refractivity contribution in [2.24, 2.45) is 0 Å². The third-order valence-corrected chi connectivity index (χ3v) is 3.96. The average Bonchev–Trinajstić information content (AvgIpc) is 2.51. The van der Waals surface area contributed by atoms with Gasteiger partial charge in [-0.15, -0.1) is 0 Å². The van der Waals surface area contributed by atoms with E-state index in [1.54, 1.807) is 11.1 Å². The Labute approximate surface area is 131 Å². The van der Waals surface area contributed by atoms with E-state index in [9.17, 15) is 4.79 Å². The molecule has 0 saturated heterocycles. The largest absolute Gasteiger partial charge is 0.334 e. The summed E-state index contributed by atoms with van der Waals surface area (Å²) in [4.78, 5) is 22.6. The van der Waals surface area contributed by atoms with Crippen molar-refractivity contribution in [1.29, 1.82) is 0 Å². The predicted octanol–water partition coefficient (Wildman–Crippen LogP) is 3.15. The standard InChI is InChI=1S/C16H14BrN3O/c17-13-6-4-10-20(16(13)21)9-3-5-12-11-18-14-7-1-2-8-15(14)19-12/h1-3,5-8,11H,4,9-10H2/b5-3+. The summed E-state index contributed by atoms with van der Waals surface area (Å²) < 4.78 is 0.646. The molecular formula is C16H14BrN3O. The van der Waals surface area contributed by atoms with Crippen LogP contribution in [0.3, 0.4) is 0 Å². The van der Waals surface area contributed by atoms with Gasteiger partial charge in [-0.05, 0) is 40.6 Å². The number of hydrogen-bond acceptors (Lipinski definition) is 3. The van der Waals surface area contributed by atoms with Crippen LogP contribution in [0.5, 0.6) is 0 Å². The molecule has 0 unspecified atom stereocenters. The van der Waals surface area contributed by atoms with E-state index in [2.05, 4.69) is 25.9 Å². The first kappa shape index (κ1) is 13.9. The van der Waals surface area contributed by atoms with E-state index in [1.807, 2.05) is 42.5 Å². The van der Waals surface area contributed by atoms with Crippen molar-refractivity contribution in [3.63, 3.8) is 0 Å². The second-order valence-electron chi connectivity index (χ2n) is 4.78. The minimum atomic E-state index is 0.0375. The Kier molecular flexibility index (Phi) is 4.10. The van der Waals surface area contributed by atoms with Crippen LogP contribution in [0, 0.1) is 0 Å². The minimum Gasteiger partial charge on any atom is -0.334 e. The van der Waals surface area contributed by atoms with Gasteiger partial charge in [-0.25, -0.2) is 4.98 Å². The number of fused-ring (bicyclic) bond motifs is 1. The molecule has 3 rings (SSSR count). The summed E-state index contributed by atoms with van der Waals surface area (Å²) in [6.07, 6.45) is 8.39. The molecule has 0 bridgehead atoms. The monoisotopic (exact) mass is 343 g/mol. The zero-order valence-corrected chi connectivity index (χ0v) is 13.0. The van der Waals surface area contributed by atoms with E-state index >= 15 is 0 Å². The molecule has 1 aromatic heterocycles. The molecule has 0 N–H and O–H groups in total. The van der Waals surface area contributed by atoms with Crippen LogP contribution in [0.1, 0.15) is 12.1 Å². The first-order chi connectivity index (χ1) is 10.2. The topological polar surface area (TPSA) is 46.1 Å². The van der Waals surface area contributed by atoms with Crippen LogP contribution in [-0.4, -0.2) is 33.9 Å². The fourth-order valence-electron chi connectivity index (χ4n) is 2.21. The molecule has 0 radical (unpaired) electrons. The summed E-state index contributed by atoms with van der Waals surface area (Å²) in [6.45, 7) is 1.33. The summed E-state index contributed by atoms with van der Waals surface area (Å²) in [5.41, 5.74) is 2.56. The number of carbonyl (C=O) groups excluding carboxylic acids is 1. The van der Waals surface area contributed by atoms with Crippen LogP contribution in [0.25, 0.3) is 17.1 Å². The second kappa shape index (κ2) is 6.18. The summed E-state index contributed by atoms with van der Waals surface area (Å²) in [6, 6.07) is 7.77. The Bertz CT molecular complexity index is 739. The van der Waals surface area contributed by atoms with E-state index in [4.69, 9.17) is 0 Å². The minimum absolute atomic E-state index is 0.0375. The van der Waals surface area contributed by atoms with E-state index < -0.39 is 0 Å². The number of carbonyl (C=O) groups is 1. The third kappa shape index (κ3) is 3.19. The molecule has 1 amide bonds. The fourth-order valence-corrected chi connectivity index (χ4v) is 2.69. The highest BCUT2D eigenvalue weighted by atomic mass is 79.9. The normalized spacial score (nSPS) is 15.8. The Hall–Kier alpha value is -2.01. The number of nitrogens with zero attached hydrogens (tertiary/aromatic N) is 3. The Balaban J connectivity index is 1.70. The number of benzene rings is 1. The lowest BCUT2D eigenvalue weighted by Crippen LogP contribution is -2.34. The zero-order valence-electron chi connectivity index (χ0n) is 11.4. The third-order valence-electron chi connectivity index (χ3n) is 3.30. The van der Waals surface area contributed by atoms with Gasteiger partial charge in [0.05, 0.1) is 27.4 Å². The maximum atomic E-state index is 11.9. The zero-order chi connectivity index (χ0) is 14.7. The summed E-state index contributed by atoms with van der Waals surface area (Å²) in [5, 5.41) is 0. The van der Waals surface area contributed by atoms with Gasteiger partial charge in [-0.1, -0.05) is 24.3 Å². The lowest BCUT2D eigenvalue weighted by Gasteiger charge is -2.23. The van der Waals surface area contributed by atoms with Gasteiger partial charge < -0.3 is 4.90 Å². The van der Waals surface area contributed by atoms with Crippen molar-refractivity contribution in [2.75, 3.05) is 13.1 Å². The van der Waals surface area contributed by atoms with Crippen molar-refractivity contribution in [3.05, 3.63) is 52.8 Å². The molecule has 2 aromatic rings. The van der Waals surface area contributed by atoms with Gasteiger partial charge in [0.1, 0.15) is 0 Å². The van der Waals surface area contributed by atoms with Gasteiger partial charge in [-0.3, -0.25) is 9.78 Å². The number of rotatable bonds is 3. The molecule has 1 aliphatic rings. The second-order valence-corrected chi connectivity index (χ2v) is 5.63. The van der Waals surface area contributed by atoms with E-state index in [0.717, 1.165) is 29.7 Å². The quantitative estimate of drug-likeness (QED) is 0.859. The first-order valence-corrected chi connectivity index (χ1v) is 7.56. The fraction of sp³-hybridized carbons (Fsp3) is 0.188. The molecule has 4 nitrogen and oxygen atoms in total. The van der Waals surface area contributed by atoms with Crippen molar-refractivity contribution in [3.8, 4) is 0 Å². The average molecular weight is 344 g/mol. The van der Waals surface area contributed by atoms with Crippen LogP contribution in [0.4, 0.5) is 0 Å². The van der Waals surface area contributed by atoms with Crippen molar-refractivity contribution < 1.29 is 4.79 Å². The molecule has 0 aliphatic carbocycles. The van der Waals surface area contributed by atoms with Crippen molar-refractivity contribution in [1.82, 2.24) is 14.9 Å². The Morgan fingerprint density at radius 3 is 2.95 bits per heavy atom. The van der Waals surface area contributed by atoms with Gasteiger partial charge in [0.25, 0.3) is 5.91 Å². The molecule has 106 valence electrons. The molecule has 21 heavy (non-hydrogen) atoms. The molecule has 2 heterocycles. The highest BCUT2D eigenvalue weighted by Gasteiger charge is 2.18. The SMILES string of the molecule is O=C1C(Br)=CCCN1C/C=C/c1cnc2ccccc2n1. The lowest BCUT2D eigenvalue weighted by atomic mass is 10.2. The smallest absolute Gasteiger partial charge is 0.260 e. The molecule has 0 fully saturated rings. The molecule has 0 saturated carbocycles. The summed E-state index contributed by atoms with van der Waals surface area (Å²) >= 11 is 3.28. The number of halogens is 1. The predicted molar refractivity (Wildman–Crippen MR) is 86.8 cm³/mol. The molecule has 1 aromatic carbocycles. The Morgan fingerprint density at radius 1 is 1.29 bits per heavy atom. The first-order valence-electron chi connectivity index (χ1n) is 6.77. The number of hydrogen-bond donors (Lipinski definition) is 0. The van der Waals surface area contributed by atoms with Crippen molar-refractivity contribution in [2.45, 2.75) is 6.42 Å². The highest BCUT2D eigenvalue weighted by Crippen LogP contribution is 2.16. The summed E-state index contributed by atoms with van der Waals surface area (Å²) in [5.74, 6) is 0.0375. The lowest BCUT2D eigenvalue weighted by molar-refractivity contribution is -0.126. The van der Waals surface area contributed by atoms with Crippen LogP contribution in [-0.2, 0) is 4.79 Å². The van der Waals surface area contributed by atoms with Crippen LogP contribution in [0.2, 0.25) is 0 Å². The molecule has 5 heteroatoms. The molecule has 0 atom stereocenters. The molecule has 0 spiro atoms. The van der Waals surface area contributed by atoms with E-state index in [0.29, 0.717) is 11.0 Å². The number of aromatic nitrogens is 2. The van der Waals surface area contributed by atoms with Crippen molar-refractivity contribution >= 4 is 38.9 Å². The van der Waals surface area contributed by atoms with E-state index in [-0.39, 0.29) is 5.91 Å².